The fraction of sp³-hybridized carbons (Fsp3) is 0.625. The van der Waals surface area contributed by atoms with Crippen LogP contribution in [0.3, 0.4) is 0 Å². The monoisotopic (exact) mass is 247 g/mol. The molecule has 1 aliphatic carbocycles. The molecule has 2 nitrogen and oxygen atoms in total. The third-order valence-corrected chi connectivity index (χ3v) is 5.03. The first kappa shape index (κ1) is 13.6. The molecule has 1 saturated carbocycles. The summed E-state index contributed by atoms with van der Waals surface area (Å²) in [4.78, 5) is 0. The highest BCUT2D eigenvalue weighted by molar-refractivity contribution is 5.39. The maximum absolute atomic E-state index is 5.07. The molecule has 0 aliphatic heterocycles. The summed E-state index contributed by atoms with van der Waals surface area (Å²) in [5.41, 5.74) is 2.14. The van der Waals surface area contributed by atoms with Crippen LogP contribution in [0.5, 0.6) is 0 Å². The largest absolute Gasteiger partial charge is 0.383 e. The molecule has 100 valence electrons. The molecule has 1 fully saturated rings. The van der Waals surface area contributed by atoms with Crippen molar-refractivity contribution >= 4 is 0 Å². The van der Waals surface area contributed by atoms with E-state index in [1.54, 1.807) is 7.11 Å². The van der Waals surface area contributed by atoms with Crippen LogP contribution in [-0.2, 0) is 10.2 Å². The normalized spacial score (nSPS) is 29.2. The molecule has 1 aromatic rings. The van der Waals surface area contributed by atoms with Gasteiger partial charge in [-0.1, -0.05) is 51.1 Å². The third kappa shape index (κ3) is 2.08. The van der Waals surface area contributed by atoms with Gasteiger partial charge in [0.1, 0.15) is 0 Å². The van der Waals surface area contributed by atoms with E-state index in [0.29, 0.717) is 16.7 Å². The summed E-state index contributed by atoms with van der Waals surface area (Å²) in [5, 5.41) is 3.50. The van der Waals surface area contributed by atoms with Crippen LogP contribution in [0.2, 0.25) is 0 Å². The Kier molecular flexibility index (Phi) is 3.79. The summed E-state index contributed by atoms with van der Waals surface area (Å²) in [6.07, 6.45) is 0. The second-order valence-electron chi connectivity index (χ2n) is 6.04. The van der Waals surface area contributed by atoms with Gasteiger partial charge in [-0.05, 0) is 23.4 Å². The van der Waals surface area contributed by atoms with Gasteiger partial charge in [0, 0.05) is 19.1 Å². The molecule has 2 heteroatoms. The van der Waals surface area contributed by atoms with E-state index in [0.717, 1.165) is 19.7 Å². The quantitative estimate of drug-likeness (QED) is 0.781. The van der Waals surface area contributed by atoms with Crippen molar-refractivity contribution in [1.29, 1.82) is 0 Å². The Morgan fingerprint density at radius 3 is 2.44 bits per heavy atom. The van der Waals surface area contributed by atoms with E-state index in [1.165, 1.54) is 5.56 Å². The maximum atomic E-state index is 5.07. The third-order valence-electron chi connectivity index (χ3n) is 5.03. The summed E-state index contributed by atoms with van der Waals surface area (Å²) in [6, 6.07) is 10.9. The van der Waals surface area contributed by atoms with E-state index in [9.17, 15) is 0 Å². The summed E-state index contributed by atoms with van der Waals surface area (Å²) >= 11 is 0. The minimum atomic E-state index is 0.300. The second kappa shape index (κ2) is 5.02. The van der Waals surface area contributed by atoms with Crippen molar-refractivity contribution in [3.8, 4) is 0 Å². The highest BCUT2D eigenvalue weighted by atomic mass is 16.5. The van der Waals surface area contributed by atoms with Gasteiger partial charge in [-0.25, -0.2) is 0 Å². The molecule has 0 radical (unpaired) electrons. The second-order valence-corrected chi connectivity index (χ2v) is 6.04. The number of ether oxygens (including phenoxy) is 1. The molecular weight excluding hydrogens is 222 g/mol. The number of hydrogen-bond acceptors (Lipinski definition) is 2. The number of nitrogens with one attached hydrogen (secondary N) is 1. The first-order valence-corrected chi connectivity index (χ1v) is 6.80. The van der Waals surface area contributed by atoms with Crippen LogP contribution in [-0.4, -0.2) is 26.8 Å². The van der Waals surface area contributed by atoms with Crippen LogP contribution in [0.15, 0.2) is 30.3 Å². The molecule has 0 spiro atoms. The van der Waals surface area contributed by atoms with Crippen LogP contribution in [0.25, 0.3) is 0 Å². The zero-order valence-electron chi connectivity index (χ0n) is 12.0. The van der Waals surface area contributed by atoms with E-state index in [1.807, 2.05) is 0 Å². The number of rotatable bonds is 6. The Hall–Kier alpha value is -0.860. The summed E-state index contributed by atoms with van der Waals surface area (Å²) in [7, 11) is 1.75. The molecule has 0 amide bonds. The van der Waals surface area contributed by atoms with E-state index in [2.05, 4.69) is 56.4 Å². The van der Waals surface area contributed by atoms with E-state index in [-0.39, 0.29) is 0 Å². The topological polar surface area (TPSA) is 21.3 Å². The average molecular weight is 247 g/mol. The highest BCUT2D eigenvalue weighted by Crippen LogP contribution is 2.68. The number of hydrogen-bond donors (Lipinski definition) is 1. The number of methoxy groups -OCH3 is 1. The zero-order valence-corrected chi connectivity index (χ0v) is 12.0. The predicted octanol–water partition coefficient (Wildman–Crippen LogP) is 2.84. The van der Waals surface area contributed by atoms with Gasteiger partial charge in [-0.3, -0.25) is 0 Å². The fourth-order valence-electron chi connectivity index (χ4n) is 3.34. The van der Waals surface area contributed by atoms with Crippen molar-refractivity contribution in [3.63, 3.8) is 0 Å². The summed E-state index contributed by atoms with van der Waals surface area (Å²) < 4.78 is 5.07. The molecule has 2 unspecified atom stereocenters. The standard InChI is InChI=1S/C16H25NO/c1-15(2)14(12-17-10-11-18-4)16(15,3)13-8-6-5-7-9-13/h5-9,14,17H,10-12H2,1-4H3. The van der Waals surface area contributed by atoms with Crippen LogP contribution >= 0.6 is 0 Å². The van der Waals surface area contributed by atoms with Crippen molar-refractivity contribution < 1.29 is 4.74 Å². The predicted molar refractivity (Wildman–Crippen MR) is 75.8 cm³/mol. The average Bonchev–Trinajstić information content (AvgIpc) is 2.82. The van der Waals surface area contributed by atoms with Crippen molar-refractivity contribution in [2.24, 2.45) is 11.3 Å². The lowest BCUT2D eigenvalue weighted by atomic mass is 9.90. The van der Waals surface area contributed by atoms with Gasteiger partial charge >= 0.3 is 0 Å². The maximum Gasteiger partial charge on any atom is 0.0587 e. The van der Waals surface area contributed by atoms with Crippen molar-refractivity contribution in [2.45, 2.75) is 26.2 Å². The molecule has 0 bridgehead atoms. The van der Waals surface area contributed by atoms with Crippen LogP contribution in [0.4, 0.5) is 0 Å². The number of benzene rings is 1. The smallest absolute Gasteiger partial charge is 0.0587 e. The molecule has 2 atom stereocenters. The van der Waals surface area contributed by atoms with Crippen molar-refractivity contribution in [2.75, 3.05) is 26.8 Å². The Morgan fingerprint density at radius 2 is 1.83 bits per heavy atom. The zero-order chi connectivity index (χ0) is 13.2. The van der Waals surface area contributed by atoms with Gasteiger partial charge in [-0.15, -0.1) is 0 Å². The molecule has 2 rings (SSSR count). The highest BCUT2D eigenvalue weighted by Gasteiger charge is 2.67. The van der Waals surface area contributed by atoms with Gasteiger partial charge in [0.05, 0.1) is 6.61 Å². The first-order chi connectivity index (χ1) is 8.55. The van der Waals surface area contributed by atoms with Crippen molar-refractivity contribution in [1.82, 2.24) is 5.32 Å². The SMILES string of the molecule is COCCNCC1C(C)(C)C1(C)c1ccccc1. The van der Waals surface area contributed by atoms with Gasteiger partial charge in [0.2, 0.25) is 0 Å². The molecule has 18 heavy (non-hydrogen) atoms. The molecule has 0 aromatic heterocycles. The van der Waals surface area contributed by atoms with Crippen molar-refractivity contribution in [3.05, 3.63) is 35.9 Å². The minimum Gasteiger partial charge on any atom is -0.383 e. The fourth-order valence-corrected chi connectivity index (χ4v) is 3.34. The first-order valence-electron chi connectivity index (χ1n) is 6.80. The van der Waals surface area contributed by atoms with E-state index >= 15 is 0 Å². The molecule has 0 heterocycles. The van der Waals surface area contributed by atoms with Crippen LogP contribution in [0, 0.1) is 11.3 Å². The van der Waals surface area contributed by atoms with Crippen LogP contribution < -0.4 is 5.32 Å². The molecule has 1 aromatic carbocycles. The molecule has 1 aliphatic rings. The molecular formula is C16H25NO. The Bertz CT molecular complexity index is 387. The summed E-state index contributed by atoms with van der Waals surface area (Å²) in [5.74, 6) is 0.698. The summed E-state index contributed by atoms with van der Waals surface area (Å²) in [6.45, 7) is 9.95. The lowest BCUT2D eigenvalue weighted by Crippen LogP contribution is -2.24. The lowest BCUT2D eigenvalue weighted by molar-refractivity contribution is 0.198. The van der Waals surface area contributed by atoms with Crippen LogP contribution in [0.1, 0.15) is 26.3 Å². The Labute approximate surface area is 111 Å². The van der Waals surface area contributed by atoms with Gasteiger partial charge in [0.15, 0.2) is 0 Å². The van der Waals surface area contributed by atoms with E-state index in [4.69, 9.17) is 4.74 Å². The lowest BCUT2D eigenvalue weighted by Gasteiger charge is -2.15. The van der Waals surface area contributed by atoms with Gasteiger partial charge in [-0.2, -0.15) is 0 Å². The van der Waals surface area contributed by atoms with Gasteiger partial charge < -0.3 is 10.1 Å². The Morgan fingerprint density at radius 1 is 1.17 bits per heavy atom. The van der Waals surface area contributed by atoms with E-state index < -0.39 is 0 Å². The Balaban J connectivity index is 2.01. The molecule has 0 saturated heterocycles. The van der Waals surface area contributed by atoms with Gasteiger partial charge in [0.25, 0.3) is 0 Å². The molecule has 1 N–H and O–H groups in total. The minimum absolute atomic E-state index is 0.300.